The van der Waals surface area contributed by atoms with Crippen LogP contribution in [0.1, 0.15) is 10.5 Å². The Morgan fingerprint density at radius 1 is 1.77 bits per heavy atom. The minimum absolute atomic E-state index is 0.0574. The predicted molar refractivity (Wildman–Crippen MR) is 47.3 cm³/mol. The van der Waals surface area contributed by atoms with Gasteiger partial charge in [0.1, 0.15) is 11.8 Å². The first-order valence-electron chi connectivity index (χ1n) is 3.79. The van der Waals surface area contributed by atoms with Crippen molar-refractivity contribution < 1.29 is 14.6 Å². The first-order chi connectivity index (χ1) is 6.25. The zero-order valence-electron chi connectivity index (χ0n) is 6.69. The van der Waals surface area contributed by atoms with Crippen molar-refractivity contribution in [2.45, 2.75) is 6.10 Å². The van der Waals surface area contributed by atoms with Gasteiger partial charge in [0.15, 0.2) is 0 Å². The fraction of sp³-hybridized carbons (Fsp3) is 0.429. The third-order valence-corrected chi connectivity index (χ3v) is 2.89. The molecule has 0 saturated carbocycles. The molecule has 0 unspecified atom stereocenters. The number of aromatic carboxylic acids is 1. The van der Waals surface area contributed by atoms with Crippen LogP contribution in [0.4, 0.5) is 0 Å². The van der Waals surface area contributed by atoms with Gasteiger partial charge in [0.05, 0.1) is 0 Å². The molecule has 1 saturated heterocycles. The van der Waals surface area contributed by atoms with Crippen molar-refractivity contribution in [1.29, 1.82) is 0 Å². The highest BCUT2D eigenvalue weighted by molar-refractivity contribution is 8.00. The van der Waals surface area contributed by atoms with Crippen LogP contribution in [-0.4, -0.2) is 38.9 Å². The monoisotopic (exact) mass is 200 g/mol. The molecule has 1 aliphatic rings. The average molecular weight is 200 g/mol. The van der Waals surface area contributed by atoms with Crippen LogP contribution in [0.15, 0.2) is 6.07 Å². The highest BCUT2D eigenvalue weighted by atomic mass is 32.2. The van der Waals surface area contributed by atoms with Gasteiger partial charge in [-0.3, -0.25) is 5.10 Å². The summed E-state index contributed by atoms with van der Waals surface area (Å²) in [7, 11) is 0. The van der Waals surface area contributed by atoms with E-state index in [0.29, 0.717) is 5.88 Å². The van der Waals surface area contributed by atoms with Crippen molar-refractivity contribution in [3.05, 3.63) is 11.8 Å². The molecule has 2 heterocycles. The minimum atomic E-state index is -1.02. The fourth-order valence-corrected chi connectivity index (χ4v) is 1.49. The normalized spacial score (nSPS) is 16.6. The summed E-state index contributed by atoms with van der Waals surface area (Å²) < 4.78 is 5.35. The molecule has 2 rings (SSSR count). The van der Waals surface area contributed by atoms with E-state index in [0.717, 1.165) is 11.5 Å². The van der Waals surface area contributed by atoms with E-state index in [9.17, 15) is 4.79 Å². The van der Waals surface area contributed by atoms with Crippen molar-refractivity contribution in [2.75, 3.05) is 11.5 Å². The third kappa shape index (κ3) is 1.77. The SMILES string of the molecule is O=C(O)c1cc(OC2CSC2)n[nH]1. The molecule has 1 aromatic heterocycles. The molecule has 1 aromatic rings. The number of hydrogen-bond acceptors (Lipinski definition) is 4. The maximum absolute atomic E-state index is 10.5. The van der Waals surface area contributed by atoms with Crippen LogP contribution in [-0.2, 0) is 0 Å². The van der Waals surface area contributed by atoms with Gasteiger partial charge >= 0.3 is 5.97 Å². The van der Waals surface area contributed by atoms with Gasteiger partial charge in [-0.15, -0.1) is 5.10 Å². The minimum Gasteiger partial charge on any atom is -0.477 e. The topological polar surface area (TPSA) is 75.2 Å². The second-order valence-corrected chi connectivity index (χ2v) is 3.78. The van der Waals surface area contributed by atoms with Crippen LogP contribution in [0.5, 0.6) is 5.88 Å². The molecule has 0 bridgehead atoms. The molecule has 5 nitrogen and oxygen atoms in total. The molecule has 0 atom stereocenters. The molecule has 1 aliphatic heterocycles. The van der Waals surface area contributed by atoms with E-state index in [-0.39, 0.29) is 11.8 Å². The Bertz CT molecular complexity index is 321. The maximum Gasteiger partial charge on any atom is 0.354 e. The van der Waals surface area contributed by atoms with Crippen molar-refractivity contribution in [3.8, 4) is 5.88 Å². The number of ether oxygens (including phenoxy) is 1. The second-order valence-electron chi connectivity index (χ2n) is 2.70. The highest BCUT2D eigenvalue weighted by Crippen LogP contribution is 2.22. The number of H-pyrrole nitrogens is 1. The third-order valence-electron chi connectivity index (χ3n) is 1.68. The number of hydrogen-bond donors (Lipinski definition) is 2. The molecule has 0 aromatic carbocycles. The summed E-state index contributed by atoms with van der Waals surface area (Å²) in [6.45, 7) is 0. The quantitative estimate of drug-likeness (QED) is 0.747. The number of nitrogens with zero attached hydrogens (tertiary/aromatic N) is 1. The van der Waals surface area contributed by atoms with Gasteiger partial charge in [-0.2, -0.15) is 11.8 Å². The Hall–Kier alpha value is -1.17. The average Bonchev–Trinajstić information content (AvgIpc) is 2.44. The van der Waals surface area contributed by atoms with E-state index in [1.54, 1.807) is 11.8 Å². The molecule has 2 N–H and O–H groups in total. The molecule has 70 valence electrons. The highest BCUT2D eigenvalue weighted by Gasteiger charge is 2.21. The van der Waals surface area contributed by atoms with Crippen molar-refractivity contribution in [2.24, 2.45) is 0 Å². The summed E-state index contributed by atoms with van der Waals surface area (Å²) in [5.74, 6) is 1.25. The molecule has 1 fully saturated rings. The summed E-state index contributed by atoms with van der Waals surface area (Å²) in [6, 6.07) is 1.39. The van der Waals surface area contributed by atoms with E-state index in [2.05, 4.69) is 10.2 Å². The molecule has 0 aliphatic carbocycles. The van der Waals surface area contributed by atoms with Gasteiger partial charge in [-0.05, 0) is 0 Å². The molecule has 6 heteroatoms. The predicted octanol–water partition coefficient (Wildman–Crippen LogP) is 0.602. The van der Waals surface area contributed by atoms with E-state index in [1.165, 1.54) is 6.07 Å². The lowest BCUT2D eigenvalue weighted by molar-refractivity contribution is 0.0690. The smallest absolute Gasteiger partial charge is 0.354 e. The van der Waals surface area contributed by atoms with Gasteiger partial charge in [0, 0.05) is 17.6 Å². The van der Waals surface area contributed by atoms with Crippen LogP contribution < -0.4 is 4.74 Å². The number of carboxylic acid groups (broad SMARTS) is 1. The number of carbonyl (C=O) groups is 1. The number of rotatable bonds is 3. The molecular weight excluding hydrogens is 192 g/mol. The zero-order valence-corrected chi connectivity index (χ0v) is 7.50. The van der Waals surface area contributed by atoms with Gasteiger partial charge in [-0.1, -0.05) is 0 Å². The number of thioether (sulfide) groups is 1. The Balaban J connectivity index is 2.00. The van der Waals surface area contributed by atoms with Gasteiger partial charge < -0.3 is 9.84 Å². The van der Waals surface area contributed by atoms with E-state index in [4.69, 9.17) is 9.84 Å². The molecular formula is C7H8N2O3S. The summed E-state index contributed by atoms with van der Waals surface area (Å²) in [5, 5.41) is 14.7. The van der Waals surface area contributed by atoms with Crippen molar-refractivity contribution in [3.63, 3.8) is 0 Å². The molecule has 0 radical (unpaired) electrons. The van der Waals surface area contributed by atoms with Crippen LogP contribution in [0.2, 0.25) is 0 Å². The van der Waals surface area contributed by atoms with E-state index >= 15 is 0 Å². The second kappa shape index (κ2) is 3.29. The Morgan fingerprint density at radius 3 is 3.00 bits per heavy atom. The molecule has 0 spiro atoms. The molecule has 13 heavy (non-hydrogen) atoms. The fourth-order valence-electron chi connectivity index (χ4n) is 0.926. The Morgan fingerprint density at radius 2 is 2.54 bits per heavy atom. The first kappa shape index (κ1) is 8.43. The summed E-state index contributed by atoms with van der Waals surface area (Å²) in [4.78, 5) is 10.5. The lowest BCUT2D eigenvalue weighted by Crippen LogP contribution is -2.31. The van der Waals surface area contributed by atoms with Crippen LogP contribution in [0, 0.1) is 0 Å². The lowest BCUT2D eigenvalue weighted by Gasteiger charge is -2.24. The van der Waals surface area contributed by atoms with Gasteiger partial charge in [-0.25, -0.2) is 4.79 Å². The van der Waals surface area contributed by atoms with Gasteiger partial charge in [0.25, 0.3) is 0 Å². The van der Waals surface area contributed by atoms with Crippen LogP contribution in [0.25, 0.3) is 0 Å². The van der Waals surface area contributed by atoms with Crippen molar-refractivity contribution >= 4 is 17.7 Å². The maximum atomic E-state index is 10.5. The summed E-state index contributed by atoms with van der Waals surface area (Å²) in [5.41, 5.74) is 0.0574. The van der Waals surface area contributed by atoms with Crippen LogP contribution >= 0.6 is 11.8 Å². The Labute approximate surface area is 78.5 Å². The van der Waals surface area contributed by atoms with E-state index in [1.807, 2.05) is 0 Å². The molecule has 0 amide bonds. The van der Waals surface area contributed by atoms with Crippen molar-refractivity contribution in [1.82, 2.24) is 10.2 Å². The number of carboxylic acids is 1. The standard InChI is InChI=1S/C7H8N2O3S/c10-7(11)5-1-6(9-8-5)12-4-2-13-3-4/h1,4H,2-3H2,(H,8,9)(H,10,11). The largest absolute Gasteiger partial charge is 0.477 e. The van der Waals surface area contributed by atoms with Gasteiger partial charge in [0.2, 0.25) is 5.88 Å². The number of aromatic amines is 1. The zero-order chi connectivity index (χ0) is 9.26. The summed E-state index contributed by atoms with van der Waals surface area (Å²) >= 11 is 1.80. The first-order valence-corrected chi connectivity index (χ1v) is 4.94. The van der Waals surface area contributed by atoms with E-state index < -0.39 is 5.97 Å². The number of nitrogens with one attached hydrogen (secondary N) is 1. The Kier molecular flexibility index (Phi) is 2.13. The number of aromatic nitrogens is 2. The van der Waals surface area contributed by atoms with Crippen LogP contribution in [0.3, 0.4) is 0 Å². The lowest BCUT2D eigenvalue weighted by atomic mass is 10.4. The summed E-state index contributed by atoms with van der Waals surface area (Å²) in [6.07, 6.45) is 0.190.